The van der Waals surface area contributed by atoms with E-state index in [0.717, 1.165) is 25.2 Å². The Morgan fingerprint density at radius 1 is 1.35 bits per heavy atom. The maximum absolute atomic E-state index is 4.44. The fourth-order valence-electron chi connectivity index (χ4n) is 2.12. The van der Waals surface area contributed by atoms with Crippen molar-refractivity contribution in [3.05, 3.63) is 37.2 Å². The summed E-state index contributed by atoms with van der Waals surface area (Å²) in [6.45, 7) is 11.0. The van der Waals surface area contributed by atoms with Crippen LogP contribution in [0.2, 0.25) is 0 Å². The van der Waals surface area contributed by atoms with E-state index >= 15 is 0 Å². The van der Waals surface area contributed by atoms with Crippen LogP contribution in [-0.2, 0) is 6.54 Å². The minimum Gasteiger partial charge on any atom is -0.372 e. The van der Waals surface area contributed by atoms with Gasteiger partial charge in [0.2, 0.25) is 0 Å². The van der Waals surface area contributed by atoms with E-state index in [-0.39, 0.29) is 0 Å². The molecule has 3 nitrogen and oxygen atoms in total. The number of anilines is 1. The average Bonchev–Trinajstić information content (AvgIpc) is 2.74. The van der Waals surface area contributed by atoms with Crippen LogP contribution in [-0.4, -0.2) is 22.6 Å². The highest BCUT2D eigenvalue weighted by Crippen LogP contribution is 2.21. The SMILES string of the molecule is C=CCn1cnc2cc(N(CC)CC)ccc21. The summed E-state index contributed by atoms with van der Waals surface area (Å²) in [6, 6.07) is 6.46. The van der Waals surface area contributed by atoms with Crippen LogP contribution in [0.15, 0.2) is 37.2 Å². The molecule has 17 heavy (non-hydrogen) atoms. The third kappa shape index (κ3) is 2.18. The van der Waals surface area contributed by atoms with Gasteiger partial charge >= 0.3 is 0 Å². The van der Waals surface area contributed by atoms with Gasteiger partial charge in [-0.05, 0) is 32.0 Å². The number of allylic oxidation sites excluding steroid dienone is 1. The first-order valence-electron chi connectivity index (χ1n) is 6.10. The van der Waals surface area contributed by atoms with Crippen molar-refractivity contribution in [2.24, 2.45) is 0 Å². The van der Waals surface area contributed by atoms with E-state index in [0.29, 0.717) is 0 Å². The number of aromatic nitrogens is 2. The quantitative estimate of drug-likeness (QED) is 0.735. The second-order valence-corrected chi connectivity index (χ2v) is 4.03. The van der Waals surface area contributed by atoms with Gasteiger partial charge in [-0.1, -0.05) is 6.08 Å². The van der Waals surface area contributed by atoms with E-state index in [4.69, 9.17) is 0 Å². The second-order valence-electron chi connectivity index (χ2n) is 4.03. The molecule has 0 saturated carbocycles. The molecule has 0 aliphatic carbocycles. The van der Waals surface area contributed by atoms with Crippen molar-refractivity contribution < 1.29 is 0 Å². The Morgan fingerprint density at radius 3 is 2.76 bits per heavy atom. The van der Waals surface area contributed by atoms with Gasteiger partial charge in [-0.15, -0.1) is 6.58 Å². The number of hydrogen-bond donors (Lipinski definition) is 0. The maximum Gasteiger partial charge on any atom is 0.0961 e. The molecule has 0 unspecified atom stereocenters. The van der Waals surface area contributed by atoms with Crippen molar-refractivity contribution >= 4 is 16.7 Å². The molecule has 90 valence electrons. The fourth-order valence-corrected chi connectivity index (χ4v) is 2.12. The highest BCUT2D eigenvalue weighted by atomic mass is 15.1. The summed E-state index contributed by atoms with van der Waals surface area (Å²) in [5.41, 5.74) is 3.46. The molecule has 0 fully saturated rings. The van der Waals surface area contributed by atoms with Crippen LogP contribution in [0.25, 0.3) is 11.0 Å². The van der Waals surface area contributed by atoms with E-state index in [1.807, 2.05) is 12.4 Å². The summed E-state index contributed by atoms with van der Waals surface area (Å²) < 4.78 is 2.11. The van der Waals surface area contributed by atoms with Crippen LogP contribution in [0.4, 0.5) is 5.69 Å². The Bertz CT molecular complexity index is 509. The molecule has 0 radical (unpaired) electrons. The molecule has 0 bridgehead atoms. The van der Waals surface area contributed by atoms with E-state index in [1.54, 1.807) is 0 Å². The zero-order valence-corrected chi connectivity index (χ0v) is 10.6. The Kier molecular flexibility index (Phi) is 3.47. The summed E-state index contributed by atoms with van der Waals surface area (Å²) in [5.74, 6) is 0. The molecule has 0 saturated heterocycles. The monoisotopic (exact) mass is 229 g/mol. The van der Waals surface area contributed by atoms with Crippen LogP contribution >= 0.6 is 0 Å². The minimum absolute atomic E-state index is 0.807. The predicted molar refractivity (Wildman–Crippen MR) is 73.5 cm³/mol. The molecule has 1 aromatic heterocycles. The highest BCUT2D eigenvalue weighted by molar-refractivity contribution is 5.79. The lowest BCUT2D eigenvalue weighted by Crippen LogP contribution is -2.21. The molecular weight excluding hydrogens is 210 g/mol. The van der Waals surface area contributed by atoms with Crippen LogP contribution in [0.5, 0.6) is 0 Å². The standard InChI is InChI=1S/C14H19N3/c1-4-9-17-11-15-13-10-12(7-8-14(13)17)16(5-2)6-3/h4,7-8,10-11H,1,5-6,9H2,2-3H3. The summed E-state index contributed by atoms with van der Waals surface area (Å²) >= 11 is 0. The zero-order valence-electron chi connectivity index (χ0n) is 10.6. The number of nitrogens with zero attached hydrogens (tertiary/aromatic N) is 3. The Hall–Kier alpha value is -1.77. The first kappa shape index (κ1) is 11.7. The largest absolute Gasteiger partial charge is 0.372 e. The molecule has 1 aromatic carbocycles. The van der Waals surface area contributed by atoms with E-state index in [1.165, 1.54) is 11.2 Å². The van der Waals surface area contributed by atoms with Crippen LogP contribution in [0, 0.1) is 0 Å². The lowest BCUT2D eigenvalue weighted by Gasteiger charge is -2.20. The Morgan fingerprint density at radius 2 is 2.12 bits per heavy atom. The van der Waals surface area contributed by atoms with E-state index in [9.17, 15) is 0 Å². The van der Waals surface area contributed by atoms with Crippen LogP contribution in [0.3, 0.4) is 0 Å². The molecule has 0 N–H and O–H groups in total. The number of benzene rings is 1. The van der Waals surface area contributed by atoms with Crippen LogP contribution in [0.1, 0.15) is 13.8 Å². The van der Waals surface area contributed by atoms with Gasteiger partial charge in [0, 0.05) is 25.3 Å². The first-order chi connectivity index (χ1) is 8.30. The molecular formula is C14H19N3. The normalized spacial score (nSPS) is 10.7. The van der Waals surface area contributed by atoms with Crippen molar-refractivity contribution in [2.75, 3.05) is 18.0 Å². The molecule has 2 rings (SSSR count). The first-order valence-corrected chi connectivity index (χ1v) is 6.10. The molecule has 0 aliphatic rings. The van der Waals surface area contributed by atoms with Crippen LogP contribution < -0.4 is 4.90 Å². The van der Waals surface area contributed by atoms with Gasteiger partial charge in [-0.2, -0.15) is 0 Å². The topological polar surface area (TPSA) is 21.1 Å². The van der Waals surface area contributed by atoms with Gasteiger partial charge in [0.1, 0.15) is 0 Å². The highest BCUT2D eigenvalue weighted by Gasteiger charge is 2.06. The predicted octanol–water partition coefficient (Wildman–Crippen LogP) is 3.07. The molecule has 0 amide bonds. The summed E-state index contributed by atoms with van der Waals surface area (Å²) in [4.78, 5) is 6.76. The van der Waals surface area contributed by atoms with Crippen molar-refractivity contribution in [1.82, 2.24) is 9.55 Å². The Labute approximate surface area is 102 Å². The third-order valence-electron chi connectivity index (χ3n) is 3.06. The molecule has 2 aromatic rings. The number of rotatable bonds is 5. The molecule has 1 heterocycles. The maximum atomic E-state index is 4.44. The van der Waals surface area contributed by atoms with Crippen molar-refractivity contribution in [1.29, 1.82) is 0 Å². The number of hydrogen-bond acceptors (Lipinski definition) is 2. The smallest absolute Gasteiger partial charge is 0.0961 e. The average molecular weight is 229 g/mol. The third-order valence-corrected chi connectivity index (χ3v) is 3.06. The molecule has 0 atom stereocenters. The minimum atomic E-state index is 0.807. The van der Waals surface area contributed by atoms with Gasteiger partial charge in [-0.3, -0.25) is 0 Å². The summed E-state index contributed by atoms with van der Waals surface area (Å²) in [6.07, 6.45) is 3.76. The molecule has 0 aliphatic heterocycles. The Balaban J connectivity index is 2.41. The van der Waals surface area contributed by atoms with Gasteiger partial charge < -0.3 is 9.47 Å². The van der Waals surface area contributed by atoms with Gasteiger partial charge in [0.05, 0.1) is 17.4 Å². The van der Waals surface area contributed by atoms with E-state index in [2.05, 4.69) is 53.1 Å². The van der Waals surface area contributed by atoms with Gasteiger partial charge in [-0.25, -0.2) is 4.98 Å². The lowest BCUT2D eigenvalue weighted by molar-refractivity contribution is 0.850. The van der Waals surface area contributed by atoms with Crippen molar-refractivity contribution in [3.8, 4) is 0 Å². The molecule has 0 spiro atoms. The van der Waals surface area contributed by atoms with Crippen molar-refractivity contribution in [2.45, 2.75) is 20.4 Å². The lowest BCUT2D eigenvalue weighted by atomic mass is 10.2. The van der Waals surface area contributed by atoms with Crippen molar-refractivity contribution in [3.63, 3.8) is 0 Å². The van der Waals surface area contributed by atoms with Gasteiger partial charge in [0.15, 0.2) is 0 Å². The fraction of sp³-hybridized carbons (Fsp3) is 0.357. The van der Waals surface area contributed by atoms with E-state index < -0.39 is 0 Å². The number of imidazole rings is 1. The zero-order chi connectivity index (χ0) is 12.3. The summed E-state index contributed by atoms with van der Waals surface area (Å²) in [7, 11) is 0. The van der Waals surface area contributed by atoms with Gasteiger partial charge in [0.25, 0.3) is 0 Å². The second kappa shape index (κ2) is 5.04. The number of fused-ring (bicyclic) bond motifs is 1. The summed E-state index contributed by atoms with van der Waals surface area (Å²) in [5, 5.41) is 0. The molecule has 3 heteroatoms.